The zero-order valence-corrected chi connectivity index (χ0v) is 16.2. The summed E-state index contributed by atoms with van der Waals surface area (Å²) in [4.78, 5) is 32.2. The zero-order valence-electron chi connectivity index (χ0n) is 15.4. The number of nitrogens with zero attached hydrogens (tertiary/aromatic N) is 2. The average molecular weight is 403 g/mol. The molecule has 3 heterocycles. The number of aromatic nitrogens is 1. The molecule has 0 bridgehead atoms. The van der Waals surface area contributed by atoms with Crippen molar-refractivity contribution in [2.24, 2.45) is 0 Å². The molecule has 5 rings (SSSR count). The molecule has 2 aromatic carbocycles. The van der Waals surface area contributed by atoms with Crippen molar-refractivity contribution in [3.63, 3.8) is 0 Å². The van der Waals surface area contributed by atoms with Crippen LogP contribution in [0.3, 0.4) is 0 Å². The molecule has 7 heteroatoms. The van der Waals surface area contributed by atoms with Crippen molar-refractivity contribution in [1.82, 2.24) is 9.88 Å². The molecule has 6 nitrogen and oxygen atoms in total. The minimum Gasteiger partial charge on any atom is -0.459 e. The lowest BCUT2D eigenvalue weighted by Crippen LogP contribution is -2.50. The third-order valence-corrected chi connectivity index (χ3v) is 6.02. The van der Waals surface area contributed by atoms with Crippen LogP contribution in [0.25, 0.3) is 10.2 Å². The summed E-state index contributed by atoms with van der Waals surface area (Å²) >= 11 is 1.42. The van der Waals surface area contributed by atoms with E-state index < -0.39 is 6.04 Å². The van der Waals surface area contributed by atoms with Crippen LogP contribution in [0, 0.1) is 0 Å². The fraction of sp³-hybridized carbons (Fsp3) is 0.136. The normalized spacial score (nSPS) is 15.9. The third-order valence-electron chi connectivity index (χ3n) is 5.07. The summed E-state index contributed by atoms with van der Waals surface area (Å²) in [5.41, 5.74) is 2.95. The van der Waals surface area contributed by atoms with Gasteiger partial charge in [-0.25, -0.2) is 4.98 Å². The van der Waals surface area contributed by atoms with Gasteiger partial charge in [-0.3, -0.25) is 9.59 Å². The molecule has 1 atom stereocenters. The van der Waals surface area contributed by atoms with E-state index in [4.69, 9.17) is 4.42 Å². The predicted octanol–water partition coefficient (Wildman–Crippen LogP) is 4.10. The summed E-state index contributed by atoms with van der Waals surface area (Å²) < 4.78 is 6.29. The Bertz CT molecular complexity index is 1170. The number of amides is 2. The maximum atomic E-state index is 13.2. The van der Waals surface area contributed by atoms with Gasteiger partial charge in [0.15, 0.2) is 10.9 Å². The molecular formula is C22H17N3O3S. The van der Waals surface area contributed by atoms with Crippen molar-refractivity contribution in [2.45, 2.75) is 19.0 Å². The molecule has 4 aromatic rings. The van der Waals surface area contributed by atoms with Crippen molar-refractivity contribution in [3.05, 3.63) is 83.8 Å². The number of carbonyl (C=O) groups excluding carboxylic acids is 2. The standard InChI is InChI=1S/C22H17N3O3S/c26-20(24-22-23-16-8-3-4-10-19(16)29-22)17-12-14-6-1-2-7-15(14)13-25(17)21(27)18-9-5-11-28-18/h1-11,17H,12-13H2,(H,23,24,26)/t17-/m0/s1. The Hall–Kier alpha value is -3.45. The SMILES string of the molecule is O=C(Nc1nc2ccccc2s1)[C@@H]1Cc2ccccc2CN1C(=O)c1ccco1. The average Bonchev–Trinajstić information content (AvgIpc) is 3.41. The molecule has 0 saturated heterocycles. The van der Waals surface area contributed by atoms with E-state index in [-0.39, 0.29) is 17.6 Å². The number of thiazole rings is 1. The highest BCUT2D eigenvalue weighted by atomic mass is 32.1. The summed E-state index contributed by atoms with van der Waals surface area (Å²) in [7, 11) is 0. The molecule has 2 aromatic heterocycles. The smallest absolute Gasteiger partial charge is 0.290 e. The summed E-state index contributed by atoms with van der Waals surface area (Å²) in [5.74, 6) is -0.324. The highest BCUT2D eigenvalue weighted by Crippen LogP contribution is 2.28. The van der Waals surface area contributed by atoms with Gasteiger partial charge >= 0.3 is 0 Å². The highest BCUT2D eigenvalue weighted by Gasteiger charge is 2.36. The van der Waals surface area contributed by atoms with Crippen LogP contribution in [0.2, 0.25) is 0 Å². The molecule has 29 heavy (non-hydrogen) atoms. The van der Waals surface area contributed by atoms with Gasteiger partial charge < -0.3 is 14.6 Å². The van der Waals surface area contributed by atoms with Crippen LogP contribution in [0.4, 0.5) is 5.13 Å². The van der Waals surface area contributed by atoms with E-state index in [9.17, 15) is 9.59 Å². The number of carbonyl (C=O) groups is 2. The lowest BCUT2D eigenvalue weighted by atomic mass is 9.93. The van der Waals surface area contributed by atoms with Crippen molar-refractivity contribution in [3.8, 4) is 0 Å². The number of para-hydroxylation sites is 1. The highest BCUT2D eigenvalue weighted by molar-refractivity contribution is 7.22. The number of furan rings is 1. The van der Waals surface area contributed by atoms with Gasteiger partial charge in [0.25, 0.3) is 5.91 Å². The fourth-order valence-electron chi connectivity index (χ4n) is 3.63. The van der Waals surface area contributed by atoms with Crippen LogP contribution in [0.15, 0.2) is 71.3 Å². The van der Waals surface area contributed by atoms with Crippen LogP contribution in [-0.2, 0) is 17.8 Å². The van der Waals surface area contributed by atoms with Gasteiger partial charge in [0.05, 0.1) is 16.5 Å². The van der Waals surface area contributed by atoms with Crippen LogP contribution < -0.4 is 5.32 Å². The van der Waals surface area contributed by atoms with Crippen LogP contribution in [0.5, 0.6) is 0 Å². The first-order chi connectivity index (χ1) is 14.2. The Morgan fingerprint density at radius 1 is 1.03 bits per heavy atom. The Balaban J connectivity index is 1.46. The third kappa shape index (κ3) is 3.30. The maximum absolute atomic E-state index is 13.2. The van der Waals surface area contributed by atoms with E-state index in [0.29, 0.717) is 18.1 Å². The number of anilines is 1. The molecule has 1 aliphatic heterocycles. The summed E-state index contributed by atoms with van der Waals surface area (Å²) in [6.45, 7) is 0.355. The lowest BCUT2D eigenvalue weighted by molar-refractivity contribution is -0.121. The van der Waals surface area contributed by atoms with Crippen molar-refractivity contribution in [1.29, 1.82) is 0 Å². The predicted molar refractivity (Wildman–Crippen MR) is 111 cm³/mol. The molecule has 2 amide bonds. The van der Waals surface area contributed by atoms with Gasteiger partial charge in [0.2, 0.25) is 5.91 Å². The summed E-state index contributed by atoms with van der Waals surface area (Å²) in [5, 5.41) is 3.43. The second-order valence-electron chi connectivity index (χ2n) is 6.87. The van der Waals surface area contributed by atoms with Crippen LogP contribution in [0.1, 0.15) is 21.7 Å². The topological polar surface area (TPSA) is 75.4 Å². The minimum atomic E-state index is -0.644. The van der Waals surface area contributed by atoms with Crippen molar-refractivity contribution >= 4 is 38.5 Å². The van der Waals surface area contributed by atoms with E-state index in [0.717, 1.165) is 21.3 Å². The van der Waals surface area contributed by atoms with Gasteiger partial charge in [-0.1, -0.05) is 47.7 Å². The van der Waals surface area contributed by atoms with E-state index in [1.807, 2.05) is 48.5 Å². The minimum absolute atomic E-state index is 0.224. The lowest BCUT2D eigenvalue weighted by Gasteiger charge is -2.35. The van der Waals surface area contributed by atoms with Crippen molar-refractivity contribution in [2.75, 3.05) is 5.32 Å². The van der Waals surface area contributed by atoms with E-state index in [1.165, 1.54) is 17.6 Å². The molecule has 0 unspecified atom stereocenters. The van der Waals surface area contributed by atoms with Gasteiger partial charge in [-0.05, 0) is 35.4 Å². The Morgan fingerprint density at radius 3 is 2.62 bits per heavy atom. The molecule has 0 radical (unpaired) electrons. The molecule has 0 saturated carbocycles. The Kier molecular flexibility index (Phi) is 4.37. The molecule has 0 aliphatic carbocycles. The number of nitrogens with one attached hydrogen (secondary N) is 1. The van der Waals surface area contributed by atoms with Crippen LogP contribution in [-0.4, -0.2) is 27.7 Å². The first kappa shape index (κ1) is 17.6. The number of benzene rings is 2. The monoisotopic (exact) mass is 403 g/mol. The molecule has 1 N–H and O–H groups in total. The number of hydrogen-bond acceptors (Lipinski definition) is 5. The number of hydrogen-bond donors (Lipinski definition) is 1. The maximum Gasteiger partial charge on any atom is 0.290 e. The van der Waals surface area contributed by atoms with E-state index in [1.54, 1.807) is 17.0 Å². The molecule has 144 valence electrons. The van der Waals surface area contributed by atoms with Gasteiger partial charge in [0, 0.05) is 13.0 Å². The van der Waals surface area contributed by atoms with E-state index in [2.05, 4.69) is 10.3 Å². The second kappa shape index (κ2) is 7.18. The second-order valence-corrected chi connectivity index (χ2v) is 7.91. The molecule has 0 fully saturated rings. The largest absolute Gasteiger partial charge is 0.459 e. The van der Waals surface area contributed by atoms with Gasteiger partial charge in [-0.2, -0.15) is 0 Å². The summed E-state index contributed by atoms with van der Waals surface area (Å²) in [6, 6.07) is 18.2. The first-order valence-electron chi connectivity index (χ1n) is 9.27. The van der Waals surface area contributed by atoms with Crippen LogP contribution >= 0.6 is 11.3 Å². The van der Waals surface area contributed by atoms with E-state index >= 15 is 0 Å². The molecular weight excluding hydrogens is 386 g/mol. The number of rotatable bonds is 3. The Labute approximate surface area is 170 Å². The Morgan fingerprint density at radius 2 is 1.83 bits per heavy atom. The van der Waals surface area contributed by atoms with Gasteiger partial charge in [-0.15, -0.1) is 0 Å². The molecule has 1 aliphatic rings. The summed E-state index contributed by atoms with van der Waals surface area (Å²) in [6.07, 6.45) is 1.90. The fourth-order valence-corrected chi connectivity index (χ4v) is 4.50. The zero-order chi connectivity index (χ0) is 19.8. The van der Waals surface area contributed by atoms with Crippen molar-refractivity contribution < 1.29 is 14.0 Å². The number of fused-ring (bicyclic) bond motifs is 2. The van der Waals surface area contributed by atoms with Gasteiger partial charge in [0.1, 0.15) is 6.04 Å². The quantitative estimate of drug-likeness (QED) is 0.559. The molecule has 0 spiro atoms. The first-order valence-corrected chi connectivity index (χ1v) is 10.1.